The van der Waals surface area contributed by atoms with Crippen LogP contribution in [0.4, 0.5) is 0 Å². The third-order valence-electron chi connectivity index (χ3n) is 10.4. The van der Waals surface area contributed by atoms with Crippen molar-refractivity contribution in [1.82, 2.24) is 15.0 Å². The van der Waals surface area contributed by atoms with Gasteiger partial charge in [0.05, 0.1) is 11.4 Å². The molecule has 0 N–H and O–H groups in total. The van der Waals surface area contributed by atoms with E-state index in [1.54, 1.807) is 0 Å². The van der Waals surface area contributed by atoms with Gasteiger partial charge in [0.1, 0.15) is 0 Å². The number of benzene rings is 8. The predicted octanol–water partition coefficient (Wildman–Crippen LogP) is 13.3. The molecule has 10 rings (SSSR count). The van der Waals surface area contributed by atoms with Gasteiger partial charge in [-0.15, -0.1) is 0 Å². The van der Waals surface area contributed by atoms with Gasteiger partial charge < -0.3 is 0 Å². The molecule has 2 heterocycles. The van der Waals surface area contributed by atoms with E-state index in [1.807, 2.05) is 18.5 Å². The Morgan fingerprint density at radius 3 is 1.44 bits per heavy atom. The van der Waals surface area contributed by atoms with Crippen LogP contribution in [-0.2, 0) is 0 Å². The maximum atomic E-state index is 5.36. The normalized spacial score (nSPS) is 11.3. The fraction of sp³-hybridized carbons (Fsp3) is 0. The standard InChI is InChI=1S/C51H33N3/c1-3-21-41-34(12-1)14-9-25-43(41)38-18-8-19-39(31-38)51-53-49(47-26-10-15-35-13-2-4-22-42(35)47)32-50(54-51)48-28-27-44(45-23-5-6-24-46(45)48)37-17-7-16-36(30-37)40-20-11-29-52-33-40/h1-33H. The zero-order chi connectivity index (χ0) is 35.8. The molecule has 252 valence electrons. The van der Waals surface area contributed by atoms with Crippen LogP contribution >= 0.6 is 0 Å². The highest BCUT2D eigenvalue weighted by Gasteiger charge is 2.17. The van der Waals surface area contributed by atoms with Gasteiger partial charge >= 0.3 is 0 Å². The first-order valence-electron chi connectivity index (χ1n) is 18.3. The average Bonchev–Trinajstić information content (AvgIpc) is 3.26. The molecule has 54 heavy (non-hydrogen) atoms. The van der Waals surface area contributed by atoms with Gasteiger partial charge in [-0.2, -0.15) is 0 Å². The number of aromatic nitrogens is 3. The summed E-state index contributed by atoms with van der Waals surface area (Å²) in [5.41, 5.74) is 11.8. The summed E-state index contributed by atoms with van der Waals surface area (Å²) >= 11 is 0. The van der Waals surface area contributed by atoms with Gasteiger partial charge in [0.25, 0.3) is 0 Å². The number of rotatable bonds is 6. The number of hydrogen-bond donors (Lipinski definition) is 0. The van der Waals surface area contributed by atoms with Crippen LogP contribution in [0.3, 0.4) is 0 Å². The fourth-order valence-electron chi connectivity index (χ4n) is 7.78. The maximum absolute atomic E-state index is 5.36. The highest BCUT2D eigenvalue weighted by Crippen LogP contribution is 2.39. The summed E-state index contributed by atoms with van der Waals surface area (Å²) in [6, 6.07) is 66.7. The van der Waals surface area contributed by atoms with E-state index in [1.165, 1.54) is 32.7 Å². The smallest absolute Gasteiger partial charge is 0.160 e. The van der Waals surface area contributed by atoms with E-state index in [0.29, 0.717) is 5.82 Å². The molecule has 2 aromatic heterocycles. The van der Waals surface area contributed by atoms with Gasteiger partial charge in [-0.25, -0.2) is 9.97 Å². The van der Waals surface area contributed by atoms with Crippen LogP contribution in [0.1, 0.15) is 0 Å². The summed E-state index contributed by atoms with van der Waals surface area (Å²) in [6.07, 6.45) is 3.73. The minimum atomic E-state index is 0.690. The predicted molar refractivity (Wildman–Crippen MR) is 225 cm³/mol. The second kappa shape index (κ2) is 13.4. The van der Waals surface area contributed by atoms with Crippen molar-refractivity contribution in [3.8, 4) is 67.3 Å². The summed E-state index contributed by atoms with van der Waals surface area (Å²) < 4.78 is 0. The highest BCUT2D eigenvalue weighted by molar-refractivity contribution is 6.05. The molecule has 3 nitrogen and oxygen atoms in total. The van der Waals surface area contributed by atoms with E-state index >= 15 is 0 Å². The molecule has 0 fully saturated rings. The fourth-order valence-corrected chi connectivity index (χ4v) is 7.78. The van der Waals surface area contributed by atoms with Crippen molar-refractivity contribution in [3.63, 3.8) is 0 Å². The van der Waals surface area contributed by atoms with Crippen LogP contribution in [0.15, 0.2) is 200 Å². The number of hydrogen-bond acceptors (Lipinski definition) is 3. The van der Waals surface area contributed by atoms with E-state index in [2.05, 4.69) is 187 Å². The minimum Gasteiger partial charge on any atom is -0.264 e. The molecule has 0 saturated carbocycles. The van der Waals surface area contributed by atoms with Gasteiger partial charge in [0, 0.05) is 34.6 Å². The van der Waals surface area contributed by atoms with Gasteiger partial charge in [-0.05, 0) is 84.4 Å². The van der Waals surface area contributed by atoms with Gasteiger partial charge in [0.2, 0.25) is 0 Å². The Balaban J connectivity index is 1.17. The third-order valence-corrected chi connectivity index (χ3v) is 10.4. The van der Waals surface area contributed by atoms with E-state index < -0.39 is 0 Å². The van der Waals surface area contributed by atoms with Crippen molar-refractivity contribution in [2.24, 2.45) is 0 Å². The Kier molecular flexibility index (Phi) is 7.81. The minimum absolute atomic E-state index is 0.690. The van der Waals surface area contributed by atoms with E-state index in [-0.39, 0.29) is 0 Å². The Morgan fingerprint density at radius 1 is 0.296 bits per heavy atom. The molecule has 0 aliphatic rings. The second-order valence-corrected chi connectivity index (χ2v) is 13.6. The molecular weight excluding hydrogens is 655 g/mol. The lowest BCUT2D eigenvalue weighted by Gasteiger charge is -2.15. The van der Waals surface area contributed by atoms with E-state index in [0.717, 1.165) is 61.1 Å². The summed E-state index contributed by atoms with van der Waals surface area (Å²) in [7, 11) is 0. The molecule has 0 radical (unpaired) electrons. The highest BCUT2D eigenvalue weighted by atomic mass is 14.9. The molecule has 0 saturated heterocycles. The van der Waals surface area contributed by atoms with Crippen molar-refractivity contribution in [2.75, 3.05) is 0 Å². The molecule has 0 bridgehead atoms. The van der Waals surface area contributed by atoms with Crippen molar-refractivity contribution in [2.45, 2.75) is 0 Å². The van der Waals surface area contributed by atoms with Crippen LogP contribution in [0, 0.1) is 0 Å². The molecule has 0 aliphatic carbocycles. The van der Waals surface area contributed by atoms with Crippen LogP contribution in [-0.4, -0.2) is 15.0 Å². The van der Waals surface area contributed by atoms with Crippen LogP contribution < -0.4 is 0 Å². The Labute approximate surface area is 313 Å². The quantitative estimate of drug-likeness (QED) is 0.175. The summed E-state index contributed by atoms with van der Waals surface area (Å²) in [4.78, 5) is 15.0. The monoisotopic (exact) mass is 687 g/mol. The first kappa shape index (κ1) is 31.5. The zero-order valence-electron chi connectivity index (χ0n) is 29.4. The average molecular weight is 688 g/mol. The van der Waals surface area contributed by atoms with Crippen molar-refractivity contribution in [3.05, 3.63) is 200 Å². The van der Waals surface area contributed by atoms with E-state index in [9.17, 15) is 0 Å². The molecule has 0 unspecified atom stereocenters. The van der Waals surface area contributed by atoms with Crippen molar-refractivity contribution in [1.29, 1.82) is 0 Å². The number of nitrogens with zero attached hydrogens (tertiary/aromatic N) is 3. The lowest BCUT2D eigenvalue weighted by molar-refractivity contribution is 1.19. The number of pyridine rings is 1. The SMILES string of the molecule is c1cncc(-c2cccc(-c3ccc(-c4cc(-c5cccc6ccccc56)nc(-c5cccc(-c6cccc7ccccc67)c5)n4)c4ccccc34)c2)c1. The third kappa shape index (κ3) is 5.69. The molecule has 0 spiro atoms. The maximum Gasteiger partial charge on any atom is 0.160 e. The molecule has 10 aromatic rings. The summed E-state index contributed by atoms with van der Waals surface area (Å²) in [5, 5.41) is 7.09. The molecule has 8 aromatic carbocycles. The molecule has 3 heteroatoms. The summed E-state index contributed by atoms with van der Waals surface area (Å²) in [6.45, 7) is 0. The lowest BCUT2D eigenvalue weighted by atomic mass is 9.92. The van der Waals surface area contributed by atoms with Crippen molar-refractivity contribution >= 4 is 32.3 Å². The molecule has 0 atom stereocenters. The van der Waals surface area contributed by atoms with E-state index in [4.69, 9.17) is 9.97 Å². The van der Waals surface area contributed by atoms with Gasteiger partial charge in [-0.3, -0.25) is 4.98 Å². The molecular formula is C51H33N3. The topological polar surface area (TPSA) is 38.7 Å². The van der Waals surface area contributed by atoms with Crippen molar-refractivity contribution < 1.29 is 0 Å². The second-order valence-electron chi connectivity index (χ2n) is 13.6. The Hall–Kier alpha value is -7.23. The molecule has 0 aliphatic heterocycles. The number of fused-ring (bicyclic) bond motifs is 3. The van der Waals surface area contributed by atoms with Crippen LogP contribution in [0.2, 0.25) is 0 Å². The summed E-state index contributed by atoms with van der Waals surface area (Å²) in [5.74, 6) is 0.690. The Bertz CT molecular complexity index is 2990. The van der Waals surface area contributed by atoms with Crippen LogP contribution in [0.25, 0.3) is 99.6 Å². The Morgan fingerprint density at radius 2 is 0.759 bits per heavy atom. The first-order chi connectivity index (χ1) is 26.8. The lowest BCUT2D eigenvalue weighted by Crippen LogP contribution is -1.97. The van der Waals surface area contributed by atoms with Gasteiger partial charge in [-0.1, -0.05) is 164 Å². The zero-order valence-corrected chi connectivity index (χ0v) is 29.4. The molecule has 0 amide bonds. The van der Waals surface area contributed by atoms with Crippen LogP contribution in [0.5, 0.6) is 0 Å². The largest absolute Gasteiger partial charge is 0.264 e. The first-order valence-corrected chi connectivity index (χ1v) is 18.3. The van der Waals surface area contributed by atoms with Gasteiger partial charge in [0.15, 0.2) is 5.82 Å².